The van der Waals surface area contributed by atoms with Crippen LogP contribution in [0.1, 0.15) is 23.1 Å². The highest BCUT2D eigenvalue weighted by atomic mass is 32.1. The van der Waals surface area contributed by atoms with Crippen molar-refractivity contribution in [1.29, 1.82) is 0 Å². The van der Waals surface area contributed by atoms with Crippen LogP contribution in [0.15, 0.2) is 42.5 Å². The summed E-state index contributed by atoms with van der Waals surface area (Å²) in [6.07, 6.45) is 1.99. The third-order valence-corrected chi connectivity index (χ3v) is 5.29. The molecule has 138 valence electrons. The summed E-state index contributed by atoms with van der Waals surface area (Å²) in [5, 5.41) is 7.19. The van der Waals surface area contributed by atoms with Gasteiger partial charge in [0.05, 0.1) is 0 Å². The van der Waals surface area contributed by atoms with Gasteiger partial charge in [0, 0.05) is 17.8 Å². The molecular formula is C21H22N4OS. The summed E-state index contributed by atoms with van der Waals surface area (Å²) in [7, 11) is 0. The van der Waals surface area contributed by atoms with E-state index in [-0.39, 0.29) is 12.5 Å². The van der Waals surface area contributed by atoms with Gasteiger partial charge >= 0.3 is 0 Å². The number of anilines is 1. The molecule has 27 heavy (non-hydrogen) atoms. The number of rotatable bonds is 3. The zero-order chi connectivity index (χ0) is 19.0. The fraction of sp³-hybridized carbons (Fsp3) is 0.286. The van der Waals surface area contributed by atoms with E-state index < -0.39 is 0 Å². The van der Waals surface area contributed by atoms with Gasteiger partial charge in [-0.3, -0.25) is 14.5 Å². The molecule has 0 spiro atoms. The van der Waals surface area contributed by atoms with Gasteiger partial charge in [0.25, 0.3) is 0 Å². The van der Waals surface area contributed by atoms with Gasteiger partial charge in [-0.05, 0) is 56.6 Å². The number of amides is 1. The number of nitrogens with zero attached hydrogens (tertiary/aromatic N) is 3. The molecule has 0 unspecified atom stereocenters. The zero-order valence-electron chi connectivity index (χ0n) is 15.5. The maximum absolute atomic E-state index is 13.1. The molecule has 1 aliphatic heterocycles. The van der Waals surface area contributed by atoms with Crippen LogP contribution in [0.25, 0.3) is 11.4 Å². The van der Waals surface area contributed by atoms with E-state index in [1.165, 1.54) is 11.1 Å². The smallest absolute Gasteiger partial charge is 0.247 e. The van der Waals surface area contributed by atoms with Crippen LogP contribution in [0.4, 0.5) is 5.69 Å². The molecule has 4 rings (SSSR count). The molecule has 3 aromatic rings. The van der Waals surface area contributed by atoms with Gasteiger partial charge in [-0.25, -0.2) is 0 Å². The van der Waals surface area contributed by atoms with Gasteiger partial charge in [-0.15, -0.1) is 0 Å². The first-order valence-electron chi connectivity index (χ1n) is 9.15. The molecule has 1 amide bonds. The molecule has 2 aromatic carbocycles. The molecule has 1 aliphatic rings. The Balaban J connectivity index is 1.66. The molecule has 0 aliphatic carbocycles. The molecule has 6 heteroatoms. The van der Waals surface area contributed by atoms with Crippen LogP contribution in [-0.2, 0) is 17.8 Å². The second kappa shape index (κ2) is 7.12. The minimum absolute atomic E-state index is 0.0335. The molecule has 2 heterocycles. The van der Waals surface area contributed by atoms with Crippen molar-refractivity contribution in [3.8, 4) is 11.4 Å². The molecule has 0 saturated carbocycles. The average Bonchev–Trinajstić information content (AvgIpc) is 3.01. The first-order chi connectivity index (χ1) is 13.0. The number of nitrogens with one attached hydrogen (secondary N) is 1. The number of hydrogen-bond acceptors (Lipinski definition) is 3. The van der Waals surface area contributed by atoms with E-state index in [9.17, 15) is 4.79 Å². The van der Waals surface area contributed by atoms with E-state index in [1.807, 2.05) is 36.1 Å². The highest BCUT2D eigenvalue weighted by Crippen LogP contribution is 2.28. The number of hydrogen-bond donors (Lipinski definition) is 1. The molecule has 5 nitrogen and oxygen atoms in total. The lowest BCUT2D eigenvalue weighted by atomic mass is 9.99. The predicted molar refractivity (Wildman–Crippen MR) is 109 cm³/mol. The lowest BCUT2D eigenvalue weighted by Gasteiger charge is -2.30. The van der Waals surface area contributed by atoms with Crippen molar-refractivity contribution in [3.05, 3.63) is 63.9 Å². The van der Waals surface area contributed by atoms with Crippen LogP contribution < -0.4 is 4.90 Å². The molecule has 0 saturated heterocycles. The second-order valence-corrected chi connectivity index (χ2v) is 7.48. The molecule has 0 bridgehead atoms. The number of H-pyrrole nitrogens is 1. The van der Waals surface area contributed by atoms with E-state index in [0.29, 0.717) is 10.6 Å². The number of fused-ring (bicyclic) bond motifs is 1. The van der Waals surface area contributed by atoms with E-state index >= 15 is 0 Å². The summed E-state index contributed by atoms with van der Waals surface area (Å²) in [4.78, 5) is 15.0. The summed E-state index contributed by atoms with van der Waals surface area (Å²) >= 11 is 5.39. The topological polar surface area (TPSA) is 53.9 Å². The molecule has 0 atom stereocenters. The molecule has 0 radical (unpaired) electrons. The number of aromatic amines is 1. The molecule has 1 N–H and O–H groups in total. The largest absolute Gasteiger partial charge is 0.311 e. The number of carbonyl (C=O) groups excluding carboxylic acids is 1. The Morgan fingerprint density at radius 3 is 2.81 bits per heavy atom. The minimum Gasteiger partial charge on any atom is -0.311 e. The number of benzene rings is 2. The van der Waals surface area contributed by atoms with Crippen molar-refractivity contribution in [2.45, 2.75) is 33.2 Å². The minimum atomic E-state index is 0.0335. The summed E-state index contributed by atoms with van der Waals surface area (Å²) in [6.45, 7) is 5.03. The molecule has 1 aromatic heterocycles. The Kier molecular flexibility index (Phi) is 4.66. The van der Waals surface area contributed by atoms with Crippen molar-refractivity contribution in [1.82, 2.24) is 14.8 Å². The average molecular weight is 379 g/mol. The van der Waals surface area contributed by atoms with Crippen molar-refractivity contribution in [3.63, 3.8) is 0 Å². The molecular weight excluding hydrogens is 356 g/mol. The number of aryl methyl sites for hydroxylation is 3. The lowest BCUT2D eigenvalue weighted by molar-refractivity contribution is -0.119. The van der Waals surface area contributed by atoms with Crippen molar-refractivity contribution in [2.24, 2.45) is 0 Å². The van der Waals surface area contributed by atoms with Crippen LogP contribution in [0.3, 0.4) is 0 Å². The van der Waals surface area contributed by atoms with Gasteiger partial charge in [0.2, 0.25) is 5.91 Å². The monoisotopic (exact) mass is 378 g/mol. The summed E-state index contributed by atoms with van der Waals surface area (Å²) in [5.74, 6) is 0.726. The Labute approximate surface area is 163 Å². The normalized spacial score (nSPS) is 13.5. The quantitative estimate of drug-likeness (QED) is 0.695. The van der Waals surface area contributed by atoms with E-state index in [1.54, 1.807) is 4.57 Å². The highest BCUT2D eigenvalue weighted by Gasteiger charge is 2.24. The first kappa shape index (κ1) is 17.7. The lowest BCUT2D eigenvalue weighted by Crippen LogP contribution is -2.38. The third-order valence-electron chi connectivity index (χ3n) is 4.98. The van der Waals surface area contributed by atoms with Crippen LogP contribution in [0.5, 0.6) is 0 Å². The van der Waals surface area contributed by atoms with E-state index in [2.05, 4.69) is 35.3 Å². The SMILES string of the molecule is Cc1cccc(-c2n[nH]c(=S)n2CC(=O)N2CCCc3cc(C)ccc32)c1. The van der Waals surface area contributed by atoms with E-state index in [0.717, 1.165) is 36.2 Å². The van der Waals surface area contributed by atoms with Crippen LogP contribution in [0.2, 0.25) is 0 Å². The Bertz CT molecular complexity index is 1070. The maximum Gasteiger partial charge on any atom is 0.247 e. The Morgan fingerprint density at radius 1 is 1.19 bits per heavy atom. The fourth-order valence-corrected chi connectivity index (χ4v) is 3.87. The van der Waals surface area contributed by atoms with Gasteiger partial charge in [0.15, 0.2) is 10.6 Å². The van der Waals surface area contributed by atoms with Crippen molar-refractivity contribution < 1.29 is 4.79 Å². The van der Waals surface area contributed by atoms with Crippen molar-refractivity contribution >= 4 is 23.8 Å². The maximum atomic E-state index is 13.1. The third kappa shape index (κ3) is 3.45. The van der Waals surface area contributed by atoms with Crippen LogP contribution in [0, 0.1) is 18.6 Å². The van der Waals surface area contributed by atoms with Crippen LogP contribution in [-0.4, -0.2) is 27.2 Å². The predicted octanol–water partition coefficient (Wildman–Crippen LogP) is 4.20. The number of aromatic nitrogens is 3. The van der Waals surface area contributed by atoms with Gasteiger partial charge in [-0.2, -0.15) is 5.10 Å². The highest BCUT2D eigenvalue weighted by molar-refractivity contribution is 7.71. The molecule has 0 fully saturated rings. The number of carbonyl (C=O) groups is 1. The standard InChI is InChI=1S/C21H22N4OS/c1-14-5-3-6-17(12-14)20-22-23-21(27)25(20)13-19(26)24-10-4-7-16-11-15(2)8-9-18(16)24/h3,5-6,8-9,11-12H,4,7,10,13H2,1-2H3,(H,23,27). The Hall–Kier alpha value is -2.73. The summed E-state index contributed by atoms with van der Waals surface area (Å²) in [5.41, 5.74) is 5.57. The summed E-state index contributed by atoms with van der Waals surface area (Å²) in [6, 6.07) is 14.3. The second-order valence-electron chi connectivity index (χ2n) is 7.09. The van der Waals surface area contributed by atoms with E-state index in [4.69, 9.17) is 12.2 Å². The van der Waals surface area contributed by atoms with Gasteiger partial charge in [0.1, 0.15) is 6.54 Å². The first-order valence-corrected chi connectivity index (χ1v) is 9.56. The zero-order valence-corrected chi connectivity index (χ0v) is 16.3. The van der Waals surface area contributed by atoms with Gasteiger partial charge in [-0.1, -0.05) is 41.5 Å². The fourth-order valence-electron chi connectivity index (χ4n) is 3.67. The summed E-state index contributed by atoms with van der Waals surface area (Å²) < 4.78 is 2.25. The van der Waals surface area contributed by atoms with Crippen molar-refractivity contribution in [2.75, 3.05) is 11.4 Å². The van der Waals surface area contributed by atoms with Crippen LogP contribution >= 0.6 is 12.2 Å². The van der Waals surface area contributed by atoms with Gasteiger partial charge < -0.3 is 4.90 Å². The Morgan fingerprint density at radius 2 is 2.00 bits per heavy atom.